The molecular formula is C24H25N3O6. The molecule has 0 aromatic heterocycles. The Bertz CT molecular complexity index is 1150. The number of nitrogens with zero attached hydrogens (tertiary/aromatic N) is 2. The Morgan fingerprint density at radius 3 is 2.21 bits per heavy atom. The number of aliphatic carboxylic acids is 2. The van der Waals surface area contributed by atoms with Crippen LogP contribution < -0.4 is 15.1 Å². The summed E-state index contributed by atoms with van der Waals surface area (Å²) < 4.78 is 0. The number of anilines is 2. The highest BCUT2D eigenvalue weighted by Gasteiger charge is 2.69. The van der Waals surface area contributed by atoms with E-state index in [-0.39, 0.29) is 0 Å². The monoisotopic (exact) mass is 451 g/mol. The standard InChI is InChI=1S/C24H25N3O6/c1-13-6-4-5-7-16(13)27-21(30)18-19(22(27)31)24(23(32)33,12-17(28)29)25-20(18)14-8-10-15(11-9-14)26(2)3/h4-11,18-20,25H,12H2,1-3H3,(H,28,29)(H,32,33). The van der Waals surface area contributed by atoms with Gasteiger partial charge in [0.25, 0.3) is 0 Å². The van der Waals surface area contributed by atoms with Gasteiger partial charge in [-0.25, -0.2) is 4.90 Å². The number of benzene rings is 2. The number of para-hydroxylation sites is 1. The third kappa shape index (κ3) is 3.45. The van der Waals surface area contributed by atoms with Crippen LogP contribution in [0, 0.1) is 18.8 Å². The number of amides is 2. The smallest absolute Gasteiger partial charge is 0.325 e. The summed E-state index contributed by atoms with van der Waals surface area (Å²) >= 11 is 0. The third-order valence-corrected chi connectivity index (χ3v) is 6.59. The van der Waals surface area contributed by atoms with Crippen LogP contribution in [0.25, 0.3) is 0 Å². The molecule has 0 radical (unpaired) electrons. The summed E-state index contributed by atoms with van der Waals surface area (Å²) in [5.74, 6) is -6.51. The number of carboxylic acid groups (broad SMARTS) is 2. The van der Waals surface area contributed by atoms with Gasteiger partial charge >= 0.3 is 11.9 Å². The zero-order chi connectivity index (χ0) is 24.1. The highest BCUT2D eigenvalue weighted by atomic mass is 16.4. The number of carbonyl (C=O) groups excluding carboxylic acids is 2. The van der Waals surface area contributed by atoms with Gasteiger partial charge in [0.2, 0.25) is 11.8 Å². The quantitative estimate of drug-likeness (QED) is 0.568. The molecule has 4 unspecified atom stereocenters. The van der Waals surface area contributed by atoms with Crippen LogP contribution in [0.5, 0.6) is 0 Å². The van der Waals surface area contributed by atoms with Gasteiger partial charge in [-0.1, -0.05) is 30.3 Å². The van der Waals surface area contributed by atoms with Crippen LogP contribution in [-0.2, 0) is 19.2 Å². The minimum absolute atomic E-state index is 0.373. The Morgan fingerprint density at radius 2 is 1.67 bits per heavy atom. The fourth-order valence-corrected chi connectivity index (χ4v) is 4.99. The first-order valence-electron chi connectivity index (χ1n) is 10.5. The van der Waals surface area contributed by atoms with E-state index in [1.165, 1.54) is 0 Å². The van der Waals surface area contributed by atoms with E-state index in [9.17, 15) is 29.4 Å². The number of rotatable bonds is 6. The maximum atomic E-state index is 13.6. The molecule has 9 heteroatoms. The number of hydrogen-bond donors (Lipinski definition) is 3. The summed E-state index contributed by atoms with van der Waals surface area (Å²) in [6.07, 6.45) is -0.837. The van der Waals surface area contributed by atoms with Gasteiger partial charge in [-0.2, -0.15) is 0 Å². The van der Waals surface area contributed by atoms with Gasteiger partial charge in [-0.05, 0) is 36.2 Å². The van der Waals surface area contributed by atoms with E-state index in [0.717, 1.165) is 10.6 Å². The fourth-order valence-electron chi connectivity index (χ4n) is 4.99. The molecule has 4 atom stereocenters. The van der Waals surface area contributed by atoms with E-state index in [0.29, 0.717) is 16.8 Å². The lowest BCUT2D eigenvalue weighted by atomic mass is 9.77. The molecule has 0 spiro atoms. The lowest BCUT2D eigenvalue weighted by molar-refractivity contribution is -0.154. The average Bonchev–Trinajstić information content (AvgIpc) is 3.23. The molecule has 2 aliphatic rings. The maximum absolute atomic E-state index is 13.6. The van der Waals surface area contributed by atoms with Crippen molar-refractivity contribution in [2.24, 2.45) is 11.8 Å². The van der Waals surface area contributed by atoms with E-state index in [4.69, 9.17) is 0 Å². The lowest BCUT2D eigenvalue weighted by Gasteiger charge is -2.30. The second-order valence-electron chi connectivity index (χ2n) is 8.76. The molecule has 2 aromatic carbocycles. The van der Waals surface area contributed by atoms with E-state index in [2.05, 4.69) is 5.32 Å². The van der Waals surface area contributed by atoms with E-state index >= 15 is 0 Å². The summed E-state index contributed by atoms with van der Waals surface area (Å²) in [6.45, 7) is 1.75. The van der Waals surface area contributed by atoms with Crippen LogP contribution in [-0.4, -0.2) is 53.6 Å². The van der Waals surface area contributed by atoms with Crippen LogP contribution in [0.3, 0.4) is 0 Å². The minimum atomic E-state index is -2.12. The zero-order valence-corrected chi connectivity index (χ0v) is 18.5. The highest BCUT2D eigenvalue weighted by molar-refractivity contribution is 6.24. The molecule has 2 fully saturated rings. The van der Waals surface area contributed by atoms with Crippen LogP contribution >= 0.6 is 0 Å². The molecule has 2 aromatic rings. The number of hydrogen-bond acceptors (Lipinski definition) is 6. The zero-order valence-electron chi connectivity index (χ0n) is 18.5. The van der Waals surface area contributed by atoms with Crippen molar-refractivity contribution >= 4 is 35.1 Å². The molecule has 2 aliphatic heterocycles. The Kier molecular flexibility index (Phi) is 5.45. The molecule has 0 saturated carbocycles. The van der Waals surface area contributed by atoms with Gasteiger partial charge in [0.15, 0.2) is 0 Å². The van der Waals surface area contributed by atoms with Crippen LogP contribution in [0.2, 0.25) is 0 Å². The molecular weight excluding hydrogens is 426 g/mol. The third-order valence-electron chi connectivity index (χ3n) is 6.59. The Labute approximate surface area is 190 Å². The van der Waals surface area contributed by atoms with Crippen molar-refractivity contribution in [3.8, 4) is 0 Å². The summed E-state index contributed by atoms with van der Waals surface area (Å²) in [4.78, 5) is 54.3. The molecule has 3 N–H and O–H groups in total. The summed E-state index contributed by atoms with van der Waals surface area (Å²) in [5.41, 5.74) is 0.443. The van der Waals surface area contributed by atoms with Crippen molar-refractivity contribution < 1.29 is 29.4 Å². The maximum Gasteiger partial charge on any atom is 0.325 e. The molecule has 2 saturated heterocycles. The van der Waals surface area contributed by atoms with Gasteiger partial charge in [0.05, 0.1) is 23.9 Å². The second kappa shape index (κ2) is 8.00. The first kappa shape index (κ1) is 22.5. The van der Waals surface area contributed by atoms with Gasteiger partial charge in [-0.15, -0.1) is 0 Å². The van der Waals surface area contributed by atoms with Crippen molar-refractivity contribution in [1.29, 1.82) is 0 Å². The summed E-state index contributed by atoms with van der Waals surface area (Å²) in [5, 5.41) is 22.6. The van der Waals surface area contributed by atoms with E-state index in [1.54, 1.807) is 43.3 Å². The van der Waals surface area contributed by atoms with Crippen molar-refractivity contribution in [1.82, 2.24) is 5.32 Å². The van der Waals surface area contributed by atoms with Crippen molar-refractivity contribution in [3.63, 3.8) is 0 Å². The Hall–Kier alpha value is -3.72. The number of fused-ring (bicyclic) bond motifs is 1. The largest absolute Gasteiger partial charge is 0.481 e. The summed E-state index contributed by atoms with van der Waals surface area (Å²) in [7, 11) is 3.75. The van der Waals surface area contributed by atoms with Crippen molar-refractivity contribution in [2.75, 3.05) is 23.9 Å². The normalized spacial score (nSPS) is 26.4. The Balaban J connectivity index is 1.86. The number of nitrogens with one attached hydrogen (secondary N) is 1. The van der Waals surface area contributed by atoms with Gasteiger partial charge in [0, 0.05) is 25.8 Å². The van der Waals surface area contributed by atoms with E-state index < -0.39 is 53.6 Å². The highest BCUT2D eigenvalue weighted by Crippen LogP contribution is 2.51. The number of aryl methyl sites for hydroxylation is 1. The van der Waals surface area contributed by atoms with Gasteiger partial charge < -0.3 is 15.1 Å². The van der Waals surface area contributed by atoms with Crippen LogP contribution in [0.1, 0.15) is 23.6 Å². The minimum Gasteiger partial charge on any atom is -0.481 e. The van der Waals surface area contributed by atoms with Crippen LogP contribution in [0.4, 0.5) is 11.4 Å². The van der Waals surface area contributed by atoms with Gasteiger partial charge in [-0.3, -0.25) is 24.5 Å². The summed E-state index contributed by atoms with van der Waals surface area (Å²) in [6, 6.07) is 13.2. The van der Waals surface area contributed by atoms with Gasteiger partial charge in [0.1, 0.15) is 5.54 Å². The average molecular weight is 451 g/mol. The predicted octanol–water partition coefficient (Wildman–Crippen LogP) is 1.81. The van der Waals surface area contributed by atoms with Crippen LogP contribution in [0.15, 0.2) is 48.5 Å². The first-order chi connectivity index (χ1) is 15.6. The van der Waals surface area contributed by atoms with Crippen molar-refractivity contribution in [2.45, 2.75) is 24.9 Å². The SMILES string of the molecule is Cc1ccccc1N1C(=O)C2C(c3ccc(N(C)C)cc3)NC(CC(=O)O)(C(=O)O)C2C1=O. The molecule has 2 heterocycles. The number of carboxylic acids is 2. The lowest BCUT2D eigenvalue weighted by Crippen LogP contribution is -2.57. The molecule has 2 amide bonds. The van der Waals surface area contributed by atoms with Crippen molar-refractivity contribution in [3.05, 3.63) is 59.7 Å². The molecule has 33 heavy (non-hydrogen) atoms. The molecule has 0 bridgehead atoms. The topological polar surface area (TPSA) is 127 Å². The fraction of sp³-hybridized carbons (Fsp3) is 0.333. The molecule has 4 rings (SSSR count). The van der Waals surface area contributed by atoms with E-state index in [1.807, 2.05) is 31.1 Å². The Morgan fingerprint density at radius 1 is 1.03 bits per heavy atom. The predicted molar refractivity (Wildman–Crippen MR) is 120 cm³/mol. The second-order valence-corrected chi connectivity index (χ2v) is 8.76. The first-order valence-corrected chi connectivity index (χ1v) is 10.5. The molecule has 9 nitrogen and oxygen atoms in total. The molecule has 172 valence electrons. The molecule has 0 aliphatic carbocycles. The number of carbonyl (C=O) groups is 4. The number of imide groups is 1.